The largest absolute Gasteiger partial charge is 0.508 e. The molecular weight excluding hydrogens is 260 g/mol. The summed E-state index contributed by atoms with van der Waals surface area (Å²) >= 11 is 0. The highest BCUT2D eigenvalue weighted by molar-refractivity contribution is 5.99. The van der Waals surface area contributed by atoms with Crippen molar-refractivity contribution in [3.8, 4) is 5.75 Å². The van der Waals surface area contributed by atoms with E-state index >= 15 is 0 Å². The van der Waals surface area contributed by atoms with Crippen molar-refractivity contribution in [1.82, 2.24) is 0 Å². The number of rotatable bonds is 1. The van der Waals surface area contributed by atoms with Gasteiger partial charge in [0.1, 0.15) is 5.75 Å². The predicted octanol–water partition coefficient (Wildman–Crippen LogP) is 5.01. The van der Waals surface area contributed by atoms with Gasteiger partial charge in [-0.3, -0.25) is 4.79 Å². The van der Waals surface area contributed by atoms with Crippen molar-refractivity contribution in [3.63, 3.8) is 0 Å². The van der Waals surface area contributed by atoms with Gasteiger partial charge < -0.3 is 5.11 Å². The maximum Gasteiger partial charge on any atom is 0.163 e. The molecule has 2 aliphatic carbocycles. The van der Waals surface area contributed by atoms with Gasteiger partial charge in [-0.2, -0.15) is 0 Å². The SMILES string of the molecule is CC(C)c1cc2c(cc1O)[C@H]1CCCC(C)(C)[C@@H]1CC2=O. The van der Waals surface area contributed by atoms with E-state index in [1.807, 2.05) is 12.1 Å². The Labute approximate surface area is 127 Å². The zero-order valence-electron chi connectivity index (χ0n) is 13.6. The minimum absolute atomic E-state index is 0.225. The second kappa shape index (κ2) is 4.86. The van der Waals surface area contributed by atoms with Crippen LogP contribution in [0.5, 0.6) is 5.75 Å². The molecule has 21 heavy (non-hydrogen) atoms. The molecule has 0 saturated heterocycles. The van der Waals surface area contributed by atoms with Crippen molar-refractivity contribution >= 4 is 5.78 Å². The van der Waals surface area contributed by atoms with Crippen LogP contribution in [0.15, 0.2) is 12.1 Å². The fraction of sp³-hybridized carbons (Fsp3) is 0.632. The van der Waals surface area contributed by atoms with Crippen LogP contribution in [0.25, 0.3) is 0 Å². The average molecular weight is 286 g/mol. The molecule has 0 bridgehead atoms. The number of fused-ring (bicyclic) bond motifs is 3. The Hall–Kier alpha value is -1.31. The van der Waals surface area contributed by atoms with Gasteiger partial charge in [0.25, 0.3) is 0 Å². The smallest absolute Gasteiger partial charge is 0.163 e. The van der Waals surface area contributed by atoms with Gasteiger partial charge in [-0.15, -0.1) is 0 Å². The van der Waals surface area contributed by atoms with Gasteiger partial charge in [-0.05, 0) is 59.3 Å². The number of benzene rings is 1. The van der Waals surface area contributed by atoms with Gasteiger partial charge in [-0.25, -0.2) is 0 Å². The topological polar surface area (TPSA) is 37.3 Å². The molecule has 114 valence electrons. The molecule has 0 aliphatic heterocycles. The summed E-state index contributed by atoms with van der Waals surface area (Å²) < 4.78 is 0. The lowest BCUT2D eigenvalue weighted by molar-refractivity contribution is 0.0701. The first-order valence-electron chi connectivity index (χ1n) is 8.21. The average Bonchev–Trinajstić information content (AvgIpc) is 2.39. The lowest BCUT2D eigenvalue weighted by atomic mass is 9.57. The highest BCUT2D eigenvalue weighted by Crippen LogP contribution is 2.54. The van der Waals surface area contributed by atoms with E-state index in [4.69, 9.17) is 0 Å². The van der Waals surface area contributed by atoms with Crippen LogP contribution < -0.4 is 0 Å². The number of carbonyl (C=O) groups is 1. The van der Waals surface area contributed by atoms with E-state index in [-0.39, 0.29) is 17.1 Å². The van der Waals surface area contributed by atoms with Crippen LogP contribution in [0.4, 0.5) is 0 Å². The van der Waals surface area contributed by atoms with Crippen LogP contribution in [-0.2, 0) is 0 Å². The first-order valence-corrected chi connectivity index (χ1v) is 8.21. The maximum absolute atomic E-state index is 12.6. The van der Waals surface area contributed by atoms with Gasteiger partial charge in [0.05, 0.1) is 0 Å². The number of hydrogen-bond acceptors (Lipinski definition) is 2. The number of carbonyl (C=O) groups excluding carboxylic acids is 1. The van der Waals surface area contributed by atoms with Gasteiger partial charge in [0.2, 0.25) is 0 Å². The Morgan fingerprint density at radius 3 is 2.67 bits per heavy atom. The Morgan fingerprint density at radius 2 is 2.00 bits per heavy atom. The van der Waals surface area contributed by atoms with E-state index < -0.39 is 0 Å². The molecule has 1 aromatic carbocycles. The van der Waals surface area contributed by atoms with Gasteiger partial charge in [-0.1, -0.05) is 34.1 Å². The normalized spacial score (nSPS) is 27.4. The van der Waals surface area contributed by atoms with Gasteiger partial charge in [0.15, 0.2) is 5.78 Å². The highest BCUT2D eigenvalue weighted by atomic mass is 16.3. The van der Waals surface area contributed by atoms with Crippen LogP contribution in [0.2, 0.25) is 0 Å². The zero-order valence-corrected chi connectivity index (χ0v) is 13.6. The molecule has 1 saturated carbocycles. The molecule has 0 radical (unpaired) electrons. The molecule has 3 rings (SSSR count). The Balaban J connectivity index is 2.12. The first-order chi connectivity index (χ1) is 9.81. The third kappa shape index (κ3) is 2.29. The summed E-state index contributed by atoms with van der Waals surface area (Å²) in [6.45, 7) is 8.71. The summed E-state index contributed by atoms with van der Waals surface area (Å²) in [7, 11) is 0. The van der Waals surface area contributed by atoms with Gasteiger partial charge >= 0.3 is 0 Å². The quantitative estimate of drug-likeness (QED) is 0.787. The van der Waals surface area contributed by atoms with E-state index in [0.717, 1.165) is 23.1 Å². The van der Waals surface area contributed by atoms with Crippen molar-refractivity contribution in [1.29, 1.82) is 0 Å². The second-order valence-corrected chi connectivity index (χ2v) is 7.87. The fourth-order valence-electron chi connectivity index (χ4n) is 4.44. The molecular formula is C19H26O2. The molecule has 1 aromatic rings. The summed E-state index contributed by atoms with van der Waals surface area (Å²) in [6.07, 6.45) is 4.24. The standard InChI is InChI=1S/C19H26O2/c1-11(2)13-8-15-14(9-17(13)20)12-6-5-7-19(3,4)16(12)10-18(15)21/h8-9,11-12,16,20H,5-7,10H2,1-4H3/t12-,16-/m1/s1. The second-order valence-electron chi connectivity index (χ2n) is 7.87. The van der Waals surface area contributed by atoms with Crippen LogP contribution >= 0.6 is 0 Å². The summed E-state index contributed by atoms with van der Waals surface area (Å²) in [5.41, 5.74) is 3.10. The fourth-order valence-corrected chi connectivity index (χ4v) is 4.44. The van der Waals surface area contributed by atoms with Crippen molar-refractivity contribution in [3.05, 3.63) is 28.8 Å². The summed E-state index contributed by atoms with van der Waals surface area (Å²) in [6, 6.07) is 3.84. The van der Waals surface area contributed by atoms with Crippen LogP contribution in [0, 0.1) is 11.3 Å². The molecule has 2 aliphatic rings. The molecule has 2 heteroatoms. The van der Waals surface area contributed by atoms with E-state index in [0.29, 0.717) is 24.0 Å². The molecule has 1 N–H and O–H groups in total. The number of ketones is 1. The maximum atomic E-state index is 12.6. The van der Waals surface area contributed by atoms with E-state index in [1.54, 1.807) is 0 Å². The van der Waals surface area contributed by atoms with E-state index in [2.05, 4.69) is 27.7 Å². The number of hydrogen-bond donors (Lipinski definition) is 1. The minimum Gasteiger partial charge on any atom is -0.508 e. The van der Waals surface area contributed by atoms with Crippen LogP contribution in [0.1, 0.15) is 86.7 Å². The summed E-state index contributed by atoms with van der Waals surface area (Å²) in [5, 5.41) is 10.3. The zero-order chi connectivity index (χ0) is 15.4. The third-order valence-corrected chi connectivity index (χ3v) is 5.75. The number of phenols is 1. The van der Waals surface area contributed by atoms with Gasteiger partial charge in [0, 0.05) is 12.0 Å². The number of phenolic OH excluding ortho intramolecular Hbond substituents is 1. The molecule has 0 aromatic heterocycles. The Kier molecular flexibility index (Phi) is 3.38. The molecule has 0 spiro atoms. The number of Topliss-reactive ketones (excluding diaryl/α,β-unsaturated/α-hetero) is 1. The highest BCUT2D eigenvalue weighted by Gasteiger charge is 2.44. The Bertz CT molecular complexity index is 583. The Morgan fingerprint density at radius 1 is 1.29 bits per heavy atom. The molecule has 0 unspecified atom stereocenters. The van der Waals surface area contributed by atoms with Crippen molar-refractivity contribution < 1.29 is 9.90 Å². The number of aromatic hydroxyl groups is 1. The van der Waals surface area contributed by atoms with E-state index in [9.17, 15) is 9.90 Å². The molecule has 0 amide bonds. The van der Waals surface area contributed by atoms with Crippen molar-refractivity contribution in [2.45, 2.75) is 65.2 Å². The summed E-state index contributed by atoms with van der Waals surface area (Å²) in [5.74, 6) is 1.73. The van der Waals surface area contributed by atoms with E-state index in [1.165, 1.54) is 12.8 Å². The van der Waals surface area contributed by atoms with Crippen molar-refractivity contribution in [2.24, 2.45) is 11.3 Å². The summed E-state index contributed by atoms with van der Waals surface area (Å²) in [4.78, 5) is 12.6. The van der Waals surface area contributed by atoms with Crippen LogP contribution in [-0.4, -0.2) is 10.9 Å². The molecule has 0 heterocycles. The van der Waals surface area contributed by atoms with Crippen LogP contribution in [0.3, 0.4) is 0 Å². The third-order valence-electron chi connectivity index (χ3n) is 5.75. The predicted molar refractivity (Wildman–Crippen MR) is 85.0 cm³/mol. The lowest BCUT2D eigenvalue weighted by Crippen LogP contribution is -2.38. The first kappa shape index (κ1) is 14.6. The molecule has 2 atom stereocenters. The molecule has 2 nitrogen and oxygen atoms in total. The minimum atomic E-state index is 0.225. The monoisotopic (exact) mass is 286 g/mol. The molecule has 1 fully saturated rings. The van der Waals surface area contributed by atoms with Crippen molar-refractivity contribution in [2.75, 3.05) is 0 Å². The lowest BCUT2D eigenvalue weighted by Gasteiger charge is -2.47.